The maximum Gasteiger partial charge on any atom is 0.243 e. The number of sulfonamides is 1. The second-order valence-electron chi connectivity index (χ2n) is 5.38. The van der Waals surface area contributed by atoms with E-state index < -0.39 is 15.8 Å². The highest BCUT2D eigenvalue weighted by Crippen LogP contribution is 2.36. The number of hydrogen-bond donors (Lipinski definition) is 1. The van der Waals surface area contributed by atoms with Gasteiger partial charge in [-0.05, 0) is 50.9 Å². The van der Waals surface area contributed by atoms with E-state index in [1.54, 1.807) is 14.1 Å². The van der Waals surface area contributed by atoms with Crippen molar-refractivity contribution in [3.8, 4) is 0 Å². The maximum absolute atomic E-state index is 13.6. The van der Waals surface area contributed by atoms with Gasteiger partial charge in [0.05, 0.1) is 4.90 Å². The summed E-state index contributed by atoms with van der Waals surface area (Å²) in [5.41, 5.74) is 0.362. The van der Waals surface area contributed by atoms with Gasteiger partial charge in [-0.15, -0.1) is 0 Å². The molecule has 0 saturated heterocycles. The highest BCUT2D eigenvalue weighted by Gasteiger charge is 2.36. The van der Waals surface area contributed by atoms with Gasteiger partial charge in [-0.2, -0.15) is 4.31 Å². The predicted molar refractivity (Wildman–Crippen MR) is 76.3 cm³/mol. The molecule has 1 unspecified atom stereocenters. The van der Waals surface area contributed by atoms with Gasteiger partial charge in [0, 0.05) is 25.2 Å². The van der Waals surface area contributed by atoms with E-state index in [0.717, 1.165) is 12.8 Å². The van der Waals surface area contributed by atoms with Crippen LogP contribution in [0.5, 0.6) is 0 Å². The number of rotatable bonds is 6. The minimum absolute atomic E-state index is 0.0159. The number of nitrogens with one attached hydrogen (secondary N) is 1. The Morgan fingerprint density at radius 3 is 2.65 bits per heavy atom. The molecular weight excluding hydrogens is 279 g/mol. The SMILES string of the molecule is CNCc1cc(S(=O)(=O)N(C)C(C)C2CC2)ccc1F. The molecule has 6 heteroatoms. The first-order chi connectivity index (χ1) is 9.37. The molecule has 0 bridgehead atoms. The van der Waals surface area contributed by atoms with Gasteiger partial charge in [-0.3, -0.25) is 0 Å². The summed E-state index contributed by atoms with van der Waals surface area (Å²) in [5.74, 6) is 0.0585. The molecule has 0 aliphatic heterocycles. The predicted octanol–water partition coefficient (Wildman–Crippen LogP) is 1.96. The molecule has 1 N–H and O–H groups in total. The van der Waals surface area contributed by atoms with Crippen molar-refractivity contribution >= 4 is 10.0 Å². The Labute approximate surface area is 120 Å². The van der Waals surface area contributed by atoms with Crippen LogP contribution in [0, 0.1) is 11.7 Å². The van der Waals surface area contributed by atoms with Crippen molar-refractivity contribution in [2.24, 2.45) is 5.92 Å². The maximum atomic E-state index is 13.6. The molecule has 1 aromatic rings. The Kier molecular flexibility index (Phi) is 4.46. The van der Waals surface area contributed by atoms with Crippen LogP contribution in [0.2, 0.25) is 0 Å². The van der Waals surface area contributed by atoms with Crippen LogP contribution in [-0.4, -0.2) is 32.9 Å². The molecule has 1 atom stereocenters. The summed E-state index contributed by atoms with van der Waals surface area (Å²) in [6.07, 6.45) is 2.16. The van der Waals surface area contributed by atoms with Crippen molar-refractivity contribution < 1.29 is 12.8 Å². The number of nitrogens with zero attached hydrogens (tertiary/aromatic N) is 1. The second-order valence-corrected chi connectivity index (χ2v) is 7.38. The third-order valence-electron chi connectivity index (χ3n) is 3.94. The summed E-state index contributed by atoms with van der Waals surface area (Å²) >= 11 is 0. The zero-order valence-electron chi connectivity index (χ0n) is 12.1. The van der Waals surface area contributed by atoms with Gasteiger partial charge < -0.3 is 5.32 Å². The molecule has 0 radical (unpaired) electrons. The summed E-state index contributed by atoms with van der Waals surface area (Å²) < 4.78 is 40.1. The fourth-order valence-corrected chi connectivity index (χ4v) is 3.77. The van der Waals surface area contributed by atoms with Gasteiger partial charge in [-0.1, -0.05) is 0 Å². The van der Waals surface area contributed by atoms with Gasteiger partial charge in [0.1, 0.15) is 5.82 Å². The molecule has 112 valence electrons. The molecule has 2 rings (SSSR count). The van der Waals surface area contributed by atoms with Crippen LogP contribution in [0.3, 0.4) is 0 Å². The van der Waals surface area contributed by atoms with Crippen molar-refractivity contribution in [3.05, 3.63) is 29.6 Å². The summed E-state index contributed by atoms with van der Waals surface area (Å²) in [4.78, 5) is 0.152. The first-order valence-corrected chi connectivity index (χ1v) is 8.23. The molecular formula is C14H21FN2O2S. The minimum atomic E-state index is -3.56. The molecule has 0 spiro atoms. The van der Waals surface area contributed by atoms with Gasteiger partial charge >= 0.3 is 0 Å². The normalized spacial score (nSPS) is 17.4. The number of halogens is 1. The third kappa shape index (κ3) is 3.02. The lowest BCUT2D eigenvalue weighted by atomic mass is 10.2. The van der Waals surface area contributed by atoms with Crippen molar-refractivity contribution in [1.82, 2.24) is 9.62 Å². The summed E-state index contributed by atoms with van der Waals surface area (Å²) in [6.45, 7) is 2.23. The van der Waals surface area contributed by atoms with Gasteiger partial charge in [-0.25, -0.2) is 12.8 Å². The van der Waals surface area contributed by atoms with E-state index >= 15 is 0 Å². The van der Waals surface area contributed by atoms with Crippen LogP contribution in [0.4, 0.5) is 4.39 Å². The second kappa shape index (κ2) is 5.79. The first-order valence-electron chi connectivity index (χ1n) is 6.79. The number of benzene rings is 1. The average molecular weight is 300 g/mol. The van der Waals surface area contributed by atoms with E-state index in [4.69, 9.17) is 0 Å². The average Bonchev–Trinajstić information content (AvgIpc) is 3.24. The highest BCUT2D eigenvalue weighted by molar-refractivity contribution is 7.89. The minimum Gasteiger partial charge on any atom is -0.316 e. The summed E-state index contributed by atoms with van der Waals surface area (Å²) in [5, 5.41) is 2.84. The Morgan fingerprint density at radius 1 is 1.45 bits per heavy atom. The van der Waals surface area contributed by atoms with Crippen LogP contribution in [0.25, 0.3) is 0 Å². The van der Waals surface area contributed by atoms with E-state index in [0.29, 0.717) is 18.0 Å². The quantitative estimate of drug-likeness (QED) is 0.874. The van der Waals surface area contributed by atoms with Crippen LogP contribution in [-0.2, 0) is 16.6 Å². The Morgan fingerprint density at radius 2 is 2.10 bits per heavy atom. The molecule has 1 aromatic carbocycles. The van der Waals surface area contributed by atoms with Crippen molar-refractivity contribution in [3.63, 3.8) is 0 Å². The zero-order valence-corrected chi connectivity index (χ0v) is 12.9. The molecule has 1 fully saturated rings. The summed E-state index contributed by atoms with van der Waals surface area (Å²) in [6, 6.07) is 3.95. The van der Waals surface area contributed by atoms with Gasteiger partial charge in [0.25, 0.3) is 0 Å². The lowest BCUT2D eigenvalue weighted by Gasteiger charge is -2.24. The topological polar surface area (TPSA) is 49.4 Å². The monoisotopic (exact) mass is 300 g/mol. The van der Waals surface area contributed by atoms with Crippen LogP contribution in [0.15, 0.2) is 23.1 Å². The van der Waals surface area contributed by atoms with E-state index in [1.165, 1.54) is 22.5 Å². The molecule has 1 saturated carbocycles. The molecule has 0 aromatic heterocycles. The Hall–Kier alpha value is -0.980. The van der Waals surface area contributed by atoms with Crippen molar-refractivity contribution in [2.45, 2.75) is 37.2 Å². The van der Waals surface area contributed by atoms with E-state index in [9.17, 15) is 12.8 Å². The van der Waals surface area contributed by atoms with Crippen LogP contribution >= 0.6 is 0 Å². The lowest BCUT2D eigenvalue weighted by molar-refractivity contribution is 0.357. The lowest BCUT2D eigenvalue weighted by Crippen LogP contribution is -2.36. The van der Waals surface area contributed by atoms with E-state index in [1.807, 2.05) is 6.92 Å². The van der Waals surface area contributed by atoms with Crippen LogP contribution < -0.4 is 5.32 Å². The molecule has 1 aliphatic rings. The first kappa shape index (κ1) is 15.4. The highest BCUT2D eigenvalue weighted by atomic mass is 32.2. The fourth-order valence-electron chi connectivity index (χ4n) is 2.30. The van der Waals surface area contributed by atoms with Crippen LogP contribution in [0.1, 0.15) is 25.3 Å². The Balaban J connectivity index is 2.30. The smallest absolute Gasteiger partial charge is 0.243 e. The molecule has 4 nitrogen and oxygen atoms in total. The van der Waals surface area contributed by atoms with Crippen molar-refractivity contribution in [2.75, 3.05) is 14.1 Å². The fraction of sp³-hybridized carbons (Fsp3) is 0.571. The molecule has 1 aliphatic carbocycles. The summed E-state index contributed by atoms with van der Waals surface area (Å²) in [7, 11) is -0.269. The largest absolute Gasteiger partial charge is 0.316 e. The zero-order chi connectivity index (χ0) is 14.9. The molecule has 0 amide bonds. The molecule has 20 heavy (non-hydrogen) atoms. The van der Waals surface area contributed by atoms with Gasteiger partial charge in [0.15, 0.2) is 0 Å². The van der Waals surface area contributed by atoms with E-state index in [2.05, 4.69) is 5.32 Å². The Bertz CT molecular complexity index is 585. The molecule has 0 heterocycles. The number of hydrogen-bond acceptors (Lipinski definition) is 3. The standard InChI is InChI=1S/C14H21FN2O2S/c1-10(11-4-5-11)17(3)20(18,19)13-6-7-14(15)12(8-13)9-16-2/h6-8,10-11,16H,4-5,9H2,1-3H3. The van der Waals surface area contributed by atoms with Gasteiger partial charge in [0.2, 0.25) is 10.0 Å². The third-order valence-corrected chi connectivity index (χ3v) is 5.88. The van der Waals surface area contributed by atoms with E-state index in [-0.39, 0.29) is 10.9 Å². The van der Waals surface area contributed by atoms with Crippen molar-refractivity contribution in [1.29, 1.82) is 0 Å².